The molecule has 2 aliphatic heterocycles. The van der Waals surface area contributed by atoms with Crippen molar-refractivity contribution in [1.29, 1.82) is 5.26 Å². The maximum Gasteiger partial charge on any atom is 0.335 e. The van der Waals surface area contributed by atoms with E-state index in [0.29, 0.717) is 39.3 Å². The second-order valence-corrected chi connectivity index (χ2v) is 6.30. The number of ether oxygens (including phenoxy) is 1. The first kappa shape index (κ1) is 18.2. The van der Waals surface area contributed by atoms with Gasteiger partial charge < -0.3 is 15.0 Å². The molecule has 0 aromatic heterocycles. The molecule has 26 heavy (non-hydrogen) atoms. The molecule has 1 aromatic rings. The number of urea groups is 1. The lowest BCUT2D eigenvalue weighted by Gasteiger charge is -2.39. The molecule has 2 unspecified atom stereocenters. The molecular weight excluding hydrogens is 334 g/mol. The molecule has 138 valence electrons. The summed E-state index contributed by atoms with van der Waals surface area (Å²) in [6, 6.07) is 9.60. The topological polar surface area (TPSA) is 97.7 Å². The first-order chi connectivity index (χ1) is 12.7. The number of benzene rings is 1. The summed E-state index contributed by atoms with van der Waals surface area (Å²) in [7, 11) is 0. The van der Waals surface area contributed by atoms with E-state index >= 15 is 0 Å². The van der Waals surface area contributed by atoms with Crippen molar-refractivity contribution in [2.75, 3.05) is 32.8 Å². The molecule has 0 spiro atoms. The third-order valence-electron chi connectivity index (χ3n) is 4.59. The summed E-state index contributed by atoms with van der Waals surface area (Å²) in [5, 5.41) is 13.6. The van der Waals surface area contributed by atoms with Crippen molar-refractivity contribution >= 4 is 11.9 Å². The number of morpholine rings is 1. The number of amides is 3. The van der Waals surface area contributed by atoms with Crippen LogP contribution in [0.1, 0.15) is 24.4 Å². The average molecular weight is 357 g/mol. The Morgan fingerprint density at radius 1 is 1.27 bits per heavy atom. The van der Waals surface area contributed by atoms with Gasteiger partial charge in [-0.2, -0.15) is 5.26 Å². The van der Waals surface area contributed by atoms with Gasteiger partial charge >= 0.3 is 6.03 Å². The standard InChI is InChI=1S/C18H23N5O3/c19-13-15(14-5-2-1-3-6-14)21-17(24)16-7-4-8-20-23(16)18(25)22-9-11-26-12-10-22/h1-3,5-6,15-16,20H,4,7-12H2,(H,21,24). The lowest BCUT2D eigenvalue weighted by atomic mass is 10.1. The summed E-state index contributed by atoms with van der Waals surface area (Å²) < 4.78 is 5.28. The van der Waals surface area contributed by atoms with Crippen LogP contribution in [0.2, 0.25) is 0 Å². The van der Waals surface area contributed by atoms with Gasteiger partial charge in [-0.25, -0.2) is 15.2 Å². The zero-order chi connectivity index (χ0) is 18.4. The summed E-state index contributed by atoms with van der Waals surface area (Å²) >= 11 is 0. The lowest BCUT2D eigenvalue weighted by molar-refractivity contribution is -0.128. The van der Waals surface area contributed by atoms with E-state index in [1.54, 1.807) is 17.0 Å². The van der Waals surface area contributed by atoms with Gasteiger partial charge in [0.15, 0.2) is 0 Å². The monoisotopic (exact) mass is 357 g/mol. The van der Waals surface area contributed by atoms with Crippen molar-refractivity contribution in [1.82, 2.24) is 20.7 Å². The van der Waals surface area contributed by atoms with Gasteiger partial charge in [0.05, 0.1) is 19.3 Å². The minimum atomic E-state index is -0.744. The van der Waals surface area contributed by atoms with Crippen molar-refractivity contribution in [2.45, 2.75) is 24.9 Å². The first-order valence-electron chi connectivity index (χ1n) is 8.85. The van der Waals surface area contributed by atoms with Gasteiger partial charge in [-0.05, 0) is 18.4 Å². The van der Waals surface area contributed by atoms with Crippen LogP contribution in [-0.2, 0) is 9.53 Å². The van der Waals surface area contributed by atoms with Crippen LogP contribution in [0.4, 0.5) is 4.79 Å². The number of nitrogens with one attached hydrogen (secondary N) is 2. The number of rotatable bonds is 3. The molecule has 0 bridgehead atoms. The molecule has 3 amide bonds. The Kier molecular flexibility index (Phi) is 6.04. The Labute approximate surface area is 152 Å². The fourth-order valence-electron chi connectivity index (χ4n) is 3.16. The fourth-order valence-corrected chi connectivity index (χ4v) is 3.16. The molecular formula is C18H23N5O3. The van der Waals surface area contributed by atoms with Crippen LogP contribution in [0.25, 0.3) is 0 Å². The maximum atomic E-state index is 12.8. The van der Waals surface area contributed by atoms with Gasteiger partial charge in [0.2, 0.25) is 5.91 Å². The number of hydrogen-bond acceptors (Lipinski definition) is 5. The molecule has 0 saturated carbocycles. The Morgan fingerprint density at radius 3 is 2.69 bits per heavy atom. The average Bonchev–Trinajstić information content (AvgIpc) is 2.72. The second-order valence-electron chi connectivity index (χ2n) is 6.30. The van der Waals surface area contributed by atoms with Gasteiger partial charge in [-0.1, -0.05) is 30.3 Å². The van der Waals surface area contributed by atoms with Gasteiger partial charge in [-0.3, -0.25) is 4.79 Å². The molecule has 2 saturated heterocycles. The molecule has 8 heteroatoms. The van der Waals surface area contributed by atoms with Gasteiger partial charge in [0, 0.05) is 19.6 Å². The van der Waals surface area contributed by atoms with Gasteiger partial charge in [0.25, 0.3) is 0 Å². The molecule has 0 radical (unpaired) electrons. The van der Waals surface area contributed by atoms with Crippen LogP contribution in [0.15, 0.2) is 30.3 Å². The summed E-state index contributed by atoms with van der Waals surface area (Å²) in [4.78, 5) is 27.3. The number of hydrazine groups is 1. The summed E-state index contributed by atoms with van der Waals surface area (Å²) in [5.74, 6) is -0.325. The largest absolute Gasteiger partial charge is 0.378 e. The van der Waals surface area contributed by atoms with E-state index in [0.717, 1.165) is 12.0 Å². The van der Waals surface area contributed by atoms with Crippen LogP contribution in [-0.4, -0.2) is 60.7 Å². The number of carbonyl (C=O) groups is 2. The van der Waals surface area contributed by atoms with Crippen LogP contribution in [0, 0.1) is 11.3 Å². The maximum absolute atomic E-state index is 12.8. The minimum Gasteiger partial charge on any atom is -0.378 e. The van der Waals surface area contributed by atoms with E-state index in [1.165, 1.54) is 5.01 Å². The second kappa shape index (κ2) is 8.65. The van der Waals surface area contributed by atoms with Crippen LogP contribution < -0.4 is 10.7 Å². The fraction of sp³-hybridized carbons (Fsp3) is 0.500. The highest BCUT2D eigenvalue weighted by Crippen LogP contribution is 2.17. The summed E-state index contributed by atoms with van der Waals surface area (Å²) in [6.45, 7) is 2.66. The zero-order valence-electron chi connectivity index (χ0n) is 14.6. The molecule has 0 aliphatic carbocycles. The summed E-state index contributed by atoms with van der Waals surface area (Å²) in [6.07, 6.45) is 1.34. The molecule has 2 fully saturated rings. The smallest absolute Gasteiger partial charge is 0.335 e. The Morgan fingerprint density at radius 2 is 2.00 bits per heavy atom. The van der Waals surface area contributed by atoms with E-state index in [-0.39, 0.29) is 11.9 Å². The third-order valence-corrected chi connectivity index (χ3v) is 4.59. The highest BCUT2D eigenvalue weighted by atomic mass is 16.5. The minimum absolute atomic E-state index is 0.221. The lowest BCUT2D eigenvalue weighted by Crippen LogP contribution is -2.62. The predicted octanol–water partition coefficient (Wildman–Crippen LogP) is 0.789. The number of carbonyl (C=O) groups excluding carboxylic acids is 2. The quantitative estimate of drug-likeness (QED) is 0.833. The number of nitrogens with zero attached hydrogens (tertiary/aromatic N) is 3. The van der Waals surface area contributed by atoms with E-state index in [9.17, 15) is 14.9 Å². The number of hydrogen-bond donors (Lipinski definition) is 2. The summed E-state index contributed by atoms with van der Waals surface area (Å²) in [5.41, 5.74) is 3.76. The van der Waals surface area contributed by atoms with Crippen molar-refractivity contribution in [3.8, 4) is 6.07 Å². The SMILES string of the molecule is N#CC(NC(=O)C1CCCNN1C(=O)N1CCOCC1)c1ccccc1. The molecule has 1 aromatic carbocycles. The zero-order valence-corrected chi connectivity index (χ0v) is 14.6. The predicted molar refractivity (Wildman–Crippen MR) is 93.6 cm³/mol. The van der Waals surface area contributed by atoms with E-state index in [1.807, 2.05) is 18.2 Å². The van der Waals surface area contributed by atoms with Crippen molar-refractivity contribution in [3.63, 3.8) is 0 Å². The van der Waals surface area contributed by atoms with Gasteiger partial charge in [-0.15, -0.1) is 0 Å². The Balaban J connectivity index is 1.69. The third kappa shape index (κ3) is 4.12. The number of nitriles is 1. The molecule has 2 heterocycles. The van der Waals surface area contributed by atoms with E-state index in [4.69, 9.17) is 4.74 Å². The van der Waals surface area contributed by atoms with Crippen molar-refractivity contribution in [2.24, 2.45) is 0 Å². The van der Waals surface area contributed by atoms with Crippen molar-refractivity contribution < 1.29 is 14.3 Å². The van der Waals surface area contributed by atoms with Gasteiger partial charge in [0.1, 0.15) is 12.1 Å². The van der Waals surface area contributed by atoms with Crippen LogP contribution >= 0.6 is 0 Å². The molecule has 3 rings (SSSR count). The highest BCUT2D eigenvalue weighted by molar-refractivity contribution is 5.87. The highest BCUT2D eigenvalue weighted by Gasteiger charge is 2.36. The van der Waals surface area contributed by atoms with E-state index in [2.05, 4.69) is 16.8 Å². The molecule has 8 nitrogen and oxygen atoms in total. The molecule has 2 atom stereocenters. The Bertz CT molecular complexity index is 669. The Hall–Kier alpha value is -2.63. The van der Waals surface area contributed by atoms with Crippen molar-refractivity contribution in [3.05, 3.63) is 35.9 Å². The normalized spacial score (nSPS) is 21.6. The first-order valence-corrected chi connectivity index (χ1v) is 8.85. The van der Waals surface area contributed by atoms with E-state index < -0.39 is 12.1 Å². The molecule has 2 aliphatic rings. The van der Waals surface area contributed by atoms with Crippen LogP contribution in [0.3, 0.4) is 0 Å². The molecule has 2 N–H and O–H groups in total. The van der Waals surface area contributed by atoms with Crippen LogP contribution in [0.5, 0.6) is 0 Å².